The number of methoxy groups -OCH3 is 1. The molecule has 0 aliphatic heterocycles. The molecule has 0 bridgehead atoms. The monoisotopic (exact) mass is 196 g/mol. The van der Waals surface area contributed by atoms with E-state index in [2.05, 4.69) is 17.0 Å². The molecule has 0 aromatic heterocycles. The molecule has 0 radical (unpaired) electrons. The van der Waals surface area contributed by atoms with Gasteiger partial charge in [0.05, 0.1) is 6.73 Å². The topological polar surface area (TPSA) is 12.5 Å². The summed E-state index contributed by atoms with van der Waals surface area (Å²) in [4.78, 5) is 2.06. The van der Waals surface area contributed by atoms with Crippen LogP contribution in [0.4, 0.5) is 0 Å². The van der Waals surface area contributed by atoms with Gasteiger partial charge in [0.25, 0.3) is 0 Å². The predicted octanol–water partition coefficient (Wildman–Crippen LogP) is 1.60. The van der Waals surface area contributed by atoms with Gasteiger partial charge >= 0.3 is 0 Å². The van der Waals surface area contributed by atoms with Gasteiger partial charge < -0.3 is 22.3 Å². The first-order chi connectivity index (χ1) is 6.36. The van der Waals surface area contributed by atoms with E-state index in [1.165, 1.54) is 5.56 Å². The minimum atomic E-state index is 0.596. The Morgan fingerprint density at radius 2 is 2.00 bits per heavy atom. The summed E-state index contributed by atoms with van der Waals surface area (Å²) in [5, 5.41) is 0. The maximum Gasteiger partial charge on any atom is 0.0971 e. The number of nitrogens with zero attached hydrogens (tertiary/aromatic N) is 1. The average Bonchev–Trinajstić information content (AvgIpc) is 2.19. The summed E-state index contributed by atoms with van der Waals surface area (Å²) in [6.07, 6.45) is 0. The second-order valence-corrected chi connectivity index (χ2v) is 3.12. The largest absolute Gasteiger partial charge is 0.777 e. The Balaban J connectivity index is 2.46. The zero-order chi connectivity index (χ0) is 9.52. The first kappa shape index (κ1) is 10.6. The van der Waals surface area contributed by atoms with E-state index < -0.39 is 0 Å². The van der Waals surface area contributed by atoms with E-state index in [9.17, 15) is 0 Å². The van der Waals surface area contributed by atoms with Crippen LogP contribution in [-0.2, 0) is 23.9 Å². The number of hydrogen-bond acceptors (Lipinski definition) is 3. The first-order valence-corrected chi connectivity index (χ1v) is 4.78. The van der Waals surface area contributed by atoms with Gasteiger partial charge in [-0.15, -0.1) is 5.88 Å². The lowest BCUT2D eigenvalue weighted by Gasteiger charge is -2.24. The summed E-state index contributed by atoms with van der Waals surface area (Å²) in [5.74, 6) is 0.600. The van der Waals surface area contributed by atoms with E-state index in [4.69, 9.17) is 17.4 Å². The third kappa shape index (κ3) is 3.81. The van der Waals surface area contributed by atoms with Crippen molar-refractivity contribution in [3.8, 4) is 0 Å². The minimum absolute atomic E-state index is 0.596. The van der Waals surface area contributed by atoms with Crippen molar-refractivity contribution in [2.45, 2.75) is 6.54 Å². The highest BCUT2D eigenvalue weighted by Gasteiger charge is 1.98. The molecule has 13 heavy (non-hydrogen) atoms. The smallest absolute Gasteiger partial charge is 0.0971 e. The van der Waals surface area contributed by atoms with E-state index in [1.54, 1.807) is 7.11 Å². The van der Waals surface area contributed by atoms with Crippen molar-refractivity contribution < 1.29 is 4.74 Å². The third-order valence-electron chi connectivity index (χ3n) is 1.74. The molecular formula is C10H14NOS-. The average molecular weight is 196 g/mol. The predicted molar refractivity (Wildman–Crippen MR) is 56.1 cm³/mol. The van der Waals surface area contributed by atoms with Gasteiger partial charge in [-0.25, -0.2) is 0 Å². The van der Waals surface area contributed by atoms with Crippen LogP contribution in [0, 0.1) is 0 Å². The quantitative estimate of drug-likeness (QED) is 0.524. The lowest BCUT2D eigenvalue weighted by Crippen LogP contribution is -2.25. The normalized spacial score (nSPS) is 10.7. The van der Waals surface area contributed by atoms with Crippen molar-refractivity contribution in [1.29, 1.82) is 0 Å². The Labute approximate surface area is 84.9 Å². The van der Waals surface area contributed by atoms with E-state index in [-0.39, 0.29) is 0 Å². The number of hydrogen-bond donors (Lipinski definition) is 0. The fourth-order valence-corrected chi connectivity index (χ4v) is 1.32. The molecule has 1 aromatic carbocycles. The number of ether oxygens (including phenoxy) is 1. The van der Waals surface area contributed by atoms with Gasteiger partial charge in [-0.3, -0.25) is 0 Å². The molecule has 1 rings (SSSR count). The maximum atomic E-state index is 5.03. The minimum Gasteiger partial charge on any atom is -0.777 e. The molecule has 3 heteroatoms. The lowest BCUT2D eigenvalue weighted by molar-refractivity contribution is 0.0727. The lowest BCUT2D eigenvalue weighted by atomic mass is 10.2. The van der Waals surface area contributed by atoms with Crippen molar-refractivity contribution in [3.05, 3.63) is 35.9 Å². The first-order valence-electron chi connectivity index (χ1n) is 4.20. The number of benzene rings is 1. The Morgan fingerprint density at radius 1 is 1.31 bits per heavy atom. The fourth-order valence-electron chi connectivity index (χ4n) is 1.15. The highest BCUT2D eigenvalue weighted by atomic mass is 32.1. The standard InChI is InChI=1S/C10H15NOS/c1-12-8-11(9-13)7-10-5-3-2-4-6-10/h2-6,13H,7-9H2,1H3/p-1. The molecule has 0 saturated carbocycles. The second kappa shape index (κ2) is 6.02. The molecule has 0 spiro atoms. The Morgan fingerprint density at radius 3 is 2.54 bits per heavy atom. The summed E-state index contributed by atoms with van der Waals surface area (Å²) in [6, 6.07) is 10.3. The van der Waals surface area contributed by atoms with Crippen LogP contribution in [0.3, 0.4) is 0 Å². The van der Waals surface area contributed by atoms with Crippen molar-refractivity contribution in [1.82, 2.24) is 4.90 Å². The van der Waals surface area contributed by atoms with Gasteiger partial charge in [0, 0.05) is 13.7 Å². The van der Waals surface area contributed by atoms with Crippen molar-refractivity contribution in [2.24, 2.45) is 0 Å². The molecule has 0 heterocycles. The molecule has 2 nitrogen and oxygen atoms in total. The molecule has 0 fully saturated rings. The van der Waals surface area contributed by atoms with Crippen LogP contribution >= 0.6 is 0 Å². The summed E-state index contributed by atoms with van der Waals surface area (Å²) >= 11 is 4.98. The molecule has 0 aliphatic rings. The van der Waals surface area contributed by atoms with Gasteiger partial charge in [0.2, 0.25) is 0 Å². The summed E-state index contributed by atoms with van der Waals surface area (Å²) in [6.45, 7) is 1.45. The molecule has 1 aromatic rings. The van der Waals surface area contributed by atoms with Gasteiger partial charge in [0.1, 0.15) is 0 Å². The Hall–Kier alpha value is -0.510. The highest BCUT2D eigenvalue weighted by Crippen LogP contribution is 2.03. The summed E-state index contributed by atoms with van der Waals surface area (Å²) in [5.41, 5.74) is 1.27. The highest BCUT2D eigenvalue weighted by molar-refractivity contribution is 7.58. The van der Waals surface area contributed by atoms with Gasteiger partial charge in [0.15, 0.2) is 0 Å². The number of rotatable bonds is 5. The maximum absolute atomic E-state index is 5.03. The molecular weight excluding hydrogens is 182 g/mol. The van der Waals surface area contributed by atoms with Crippen LogP contribution < -0.4 is 0 Å². The fraction of sp³-hybridized carbons (Fsp3) is 0.400. The SMILES string of the molecule is COCN(C[S-])Cc1ccccc1. The van der Waals surface area contributed by atoms with Gasteiger partial charge in [-0.2, -0.15) is 0 Å². The van der Waals surface area contributed by atoms with Crippen molar-refractivity contribution >= 4 is 12.6 Å². The van der Waals surface area contributed by atoms with Crippen molar-refractivity contribution in [3.63, 3.8) is 0 Å². The Kier molecular flexibility index (Phi) is 4.90. The summed E-state index contributed by atoms with van der Waals surface area (Å²) < 4.78 is 5.03. The van der Waals surface area contributed by atoms with Crippen LogP contribution in [0.25, 0.3) is 0 Å². The molecule has 0 aliphatic carbocycles. The van der Waals surface area contributed by atoms with E-state index in [0.717, 1.165) is 6.54 Å². The van der Waals surface area contributed by atoms with Crippen LogP contribution in [0.5, 0.6) is 0 Å². The zero-order valence-corrected chi connectivity index (χ0v) is 8.59. The van der Waals surface area contributed by atoms with E-state index in [1.807, 2.05) is 18.2 Å². The van der Waals surface area contributed by atoms with Crippen LogP contribution in [0.15, 0.2) is 30.3 Å². The van der Waals surface area contributed by atoms with E-state index >= 15 is 0 Å². The van der Waals surface area contributed by atoms with Crippen molar-refractivity contribution in [2.75, 3.05) is 19.7 Å². The zero-order valence-electron chi connectivity index (χ0n) is 7.77. The van der Waals surface area contributed by atoms with Crippen LogP contribution in [-0.4, -0.2) is 24.6 Å². The second-order valence-electron chi connectivity index (χ2n) is 2.86. The Bertz CT molecular complexity index is 228. The molecule has 0 N–H and O–H groups in total. The van der Waals surface area contributed by atoms with E-state index in [0.29, 0.717) is 12.6 Å². The molecule has 72 valence electrons. The molecule has 0 unspecified atom stereocenters. The van der Waals surface area contributed by atoms with Crippen LogP contribution in [0.1, 0.15) is 5.56 Å². The van der Waals surface area contributed by atoms with Gasteiger partial charge in [-0.1, -0.05) is 30.3 Å². The molecule has 0 atom stereocenters. The molecule has 0 saturated heterocycles. The summed E-state index contributed by atoms with van der Waals surface area (Å²) in [7, 11) is 1.68. The van der Waals surface area contributed by atoms with Crippen LogP contribution in [0.2, 0.25) is 0 Å². The third-order valence-corrected chi connectivity index (χ3v) is 2.11. The molecule has 0 amide bonds. The van der Waals surface area contributed by atoms with Gasteiger partial charge in [-0.05, 0) is 5.56 Å².